The van der Waals surface area contributed by atoms with Crippen LogP contribution >= 0.6 is 0 Å². The molecule has 1 aliphatic carbocycles. The fraction of sp³-hybridized carbons (Fsp3) is 0.444. The monoisotopic (exact) mass is 347 g/mol. The second-order valence-electron chi connectivity index (χ2n) is 6.39. The highest BCUT2D eigenvalue weighted by Crippen LogP contribution is 2.44. The highest BCUT2D eigenvalue weighted by Gasteiger charge is 2.36. The molecule has 0 fully saturated rings. The van der Waals surface area contributed by atoms with E-state index in [9.17, 15) is 14.7 Å². The maximum absolute atomic E-state index is 12.3. The van der Waals surface area contributed by atoms with Gasteiger partial charge in [-0.1, -0.05) is 6.08 Å². The number of aliphatic hydroxyl groups is 2. The van der Waals surface area contributed by atoms with Crippen molar-refractivity contribution in [1.29, 1.82) is 0 Å². The summed E-state index contributed by atoms with van der Waals surface area (Å²) in [6.07, 6.45) is 4.00. The topological polar surface area (TPSA) is 109 Å². The molecule has 0 spiro atoms. The summed E-state index contributed by atoms with van der Waals surface area (Å²) in [4.78, 5) is 24.3. The van der Waals surface area contributed by atoms with E-state index >= 15 is 0 Å². The number of rotatable bonds is 5. The van der Waals surface area contributed by atoms with Crippen LogP contribution in [0.15, 0.2) is 27.1 Å². The summed E-state index contributed by atoms with van der Waals surface area (Å²) in [7, 11) is 0. The number of nitrogens with one attached hydrogen (secondary N) is 1. The molecule has 0 radical (unpaired) electrons. The maximum atomic E-state index is 12.3. The average Bonchev–Trinajstić information content (AvgIpc) is 2.97. The Bertz CT molecular complexity index is 807. The third-order valence-electron chi connectivity index (χ3n) is 4.65. The number of hydrogen-bond acceptors (Lipinski definition) is 6. The molecule has 2 heterocycles. The van der Waals surface area contributed by atoms with E-state index in [0.717, 1.165) is 11.1 Å². The van der Waals surface area contributed by atoms with Crippen LogP contribution in [0.1, 0.15) is 35.5 Å². The smallest absolute Gasteiger partial charge is 0.340 e. The Hall–Kier alpha value is -2.38. The van der Waals surface area contributed by atoms with E-state index in [1.165, 1.54) is 0 Å². The lowest BCUT2D eigenvalue weighted by Gasteiger charge is -2.25. The number of aliphatic hydroxyl groups excluding tert-OH is 2. The fourth-order valence-corrected chi connectivity index (χ4v) is 3.19. The maximum Gasteiger partial charge on any atom is 0.340 e. The van der Waals surface area contributed by atoms with Gasteiger partial charge in [-0.25, -0.2) is 4.79 Å². The highest BCUT2D eigenvalue weighted by molar-refractivity contribution is 5.79. The predicted molar refractivity (Wildman–Crippen MR) is 89.6 cm³/mol. The van der Waals surface area contributed by atoms with E-state index in [4.69, 9.17) is 14.3 Å². The second-order valence-corrected chi connectivity index (χ2v) is 6.39. The van der Waals surface area contributed by atoms with Crippen LogP contribution in [0.4, 0.5) is 0 Å². The first-order valence-electron chi connectivity index (χ1n) is 8.14. The first-order chi connectivity index (χ1) is 11.9. The zero-order valence-electron chi connectivity index (χ0n) is 14.1. The minimum Gasteiger partial charge on any atom is -0.492 e. The molecular weight excluding hydrogens is 326 g/mol. The molecule has 1 amide bonds. The van der Waals surface area contributed by atoms with Gasteiger partial charge in [0.15, 0.2) is 0 Å². The van der Waals surface area contributed by atoms with Crippen molar-refractivity contribution >= 4 is 12.0 Å². The average molecular weight is 347 g/mol. The van der Waals surface area contributed by atoms with Crippen LogP contribution < -0.4 is 10.9 Å². The molecule has 3 N–H and O–H groups in total. The Kier molecular flexibility index (Phi) is 4.78. The van der Waals surface area contributed by atoms with Crippen molar-refractivity contribution in [1.82, 2.24) is 5.32 Å². The van der Waals surface area contributed by atoms with Crippen LogP contribution in [0.5, 0.6) is 0 Å². The molecule has 0 saturated heterocycles. The second kappa shape index (κ2) is 6.85. The third kappa shape index (κ3) is 3.25. The van der Waals surface area contributed by atoms with Gasteiger partial charge in [0.2, 0.25) is 5.91 Å². The Morgan fingerprint density at radius 2 is 2.16 bits per heavy atom. The van der Waals surface area contributed by atoms with Crippen molar-refractivity contribution in [3.05, 3.63) is 50.8 Å². The van der Waals surface area contributed by atoms with Crippen molar-refractivity contribution in [2.75, 3.05) is 13.2 Å². The summed E-state index contributed by atoms with van der Waals surface area (Å²) < 4.78 is 11.1. The van der Waals surface area contributed by atoms with Crippen LogP contribution in [0, 0.1) is 12.8 Å². The van der Waals surface area contributed by atoms with Crippen LogP contribution in [0.25, 0.3) is 6.08 Å². The third-order valence-corrected chi connectivity index (χ3v) is 4.65. The number of carbonyl (C=O) groups excluding carboxylic acids is 1. The molecule has 134 valence electrons. The molecular formula is C18H21NO6. The molecule has 3 atom stereocenters. The fourth-order valence-electron chi connectivity index (χ4n) is 3.19. The SMILES string of the molecule is CC1=COC2c3c(oc(=O)c(CC(=O)NCC(O)CO)c3C)C=CC12. The lowest BCUT2D eigenvalue weighted by Crippen LogP contribution is -2.36. The standard InChI is InChI=1S/C18H21NO6/c1-9-8-24-17-12(9)3-4-14-16(17)10(2)13(18(23)25-14)5-15(22)19-6-11(21)7-20/h3-4,8,11-12,17,20-21H,5-7H2,1-2H3,(H,19,22). The Morgan fingerprint density at radius 3 is 2.88 bits per heavy atom. The molecule has 2 aliphatic rings. The zero-order chi connectivity index (χ0) is 18.1. The van der Waals surface area contributed by atoms with E-state index in [-0.39, 0.29) is 30.6 Å². The highest BCUT2D eigenvalue weighted by atomic mass is 16.5. The molecule has 0 aromatic carbocycles. The summed E-state index contributed by atoms with van der Waals surface area (Å²) in [5, 5.41) is 20.6. The van der Waals surface area contributed by atoms with Gasteiger partial charge in [-0.05, 0) is 31.1 Å². The molecule has 1 aromatic rings. The van der Waals surface area contributed by atoms with Gasteiger partial charge in [-0.3, -0.25) is 4.79 Å². The lowest BCUT2D eigenvalue weighted by molar-refractivity contribution is -0.121. The van der Waals surface area contributed by atoms with Gasteiger partial charge in [0.05, 0.1) is 31.0 Å². The first-order valence-corrected chi connectivity index (χ1v) is 8.14. The van der Waals surface area contributed by atoms with E-state index in [1.54, 1.807) is 19.3 Å². The molecule has 7 heteroatoms. The van der Waals surface area contributed by atoms with Gasteiger partial charge in [0, 0.05) is 18.0 Å². The summed E-state index contributed by atoms with van der Waals surface area (Å²) >= 11 is 0. The van der Waals surface area contributed by atoms with Crippen molar-refractivity contribution in [2.45, 2.75) is 32.5 Å². The van der Waals surface area contributed by atoms with Crippen molar-refractivity contribution < 1.29 is 24.2 Å². The number of amides is 1. The van der Waals surface area contributed by atoms with E-state index in [1.807, 2.05) is 13.0 Å². The molecule has 25 heavy (non-hydrogen) atoms. The minimum atomic E-state index is -1.03. The summed E-state index contributed by atoms with van der Waals surface area (Å²) in [5.74, 6) is 0.138. The van der Waals surface area contributed by atoms with E-state index in [2.05, 4.69) is 5.32 Å². The number of carbonyl (C=O) groups is 1. The molecule has 1 aromatic heterocycles. The largest absolute Gasteiger partial charge is 0.492 e. The number of fused-ring (bicyclic) bond motifs is 3. The van der Waals surface area contributed by atoms with Crippen LogP contribution in [-0.2, 0) is 16.0 Å². The Balaban J connectivity index is 1.87. The summed E-state index contributed by atoms with van der Waals surface area (Å²) in [5.41, 5.74) is 2.29. The first kappa shape index (κ1) is 17.4. The van der Waals surface area contributed by atoms with Crippen LogP contribution in [0.3, 0.4) is 0 Å². The number of ether oxygens (including phenoxy) is 1. The van der Waals surface area contributed by atoms with Crippen molar-refractivity contribution in [3.63, 3.8) is 0 Å². The Labute approximate surface area is 144 Å². The minimum absolute atomic E-state index is 0.0790. The van der Waals surface area contributed by atoms with Crippen molar-refractivity contribution in [2.24, 2.45) is 5.92 Å². The molecule has 0 saturated carbocycles. The zero-order valence-corrected chi connectivity index (χ0v) is 14.1. The van der Waals surface area contributed by atoms with Gasteiger partial charge in [-0.2, -0.15) is 0 Å². The summed E-state index contributed by atoms with van der Waals surface area (Å²) in [6, 6.07) is 0. The number of hydrogen-bond donors (Lipinski definition) is 3. The van der Waals surface area contributed by atoms with Crippen molar-refractivity contribution in [3.8, 4) is 0 Å². The van der Waals surface area contributed by atoms with Gasteiger partial charge in [0.25, 0.3) is 0 Å². The van der Waals surface area contributed by atoms with Gasteiger partial charge in [0.1, 0.15) is 11.9 Å². The van der Waals surface area contributed by atoms with Crippen LogP contribution in [-0.4, -0.2) is 35.4 Å². The molecule has 3 unspecified atom stereocenters. The molecule has 7 nitrogen and oxygen atoms in total. The van der Waals surface area contributed by atoms with Gasteiger partial charge in [-0.15, -0.1) is 0 Å². The van der Waals surface area contributed by atoms with Gasteiger partial charge < -0.3 is 24.7 Å². The molecule has 1 aliphatic heterocycles. The Morgan fingerprint density at radius 1 is 1.40 bits per heavy atom. The normalized spacial score (nSPS) is 21.8. The van der Waals surface area contributed by atoms with E-state index in [0.29, 0.717) is 11.3 Å². The predicted octanol–water partition coefficient (Wildman–Crippen LogP) is 0.578. The van der Waals surface area contributed by atoms with Crippen LogP contribution in [0.2, 0.25) is 0 Å². The summed E-state index contributed by atoms with van der Waals surface area (Å²) in [6.45, 7) is 3.24. The molecule has 3 rings (SSSR count). The molecule has 0 bridgehead atoms. The van der Waals surface area contributed by atoms with Gasteiger partial charge >= 0.3 is 5.63 Å². The quantitative estimate of drug-likeness (QED) is 0.719. The van der Waals surface area contributed by atoms with E-state index < -0.39 is 24.2 Å². The lowest BCUT2D eigenvalue weighted by atomic mass is 9.84.